The minimum Gasteiger partial charge on any atom is -0.495 e. The van der Waals surface area contributed by atoms with Crippen molar-refractivity contribution in [3.8, 4) is 5.75 Å². The van der Waals surface area contributed by atoms with E-state index < -0.39 is 0 Å². The van der Waals surface area contributed by atoms with Gasteiger partial charge in [-0.1, -0.05) is 24.3 Å². The highest BCUT2D eigenvalue weighted by Gasteiger charge is 2.38. The van der Waals surface area contributed by atoms with Gasteiger partial charge in [-0.05, 0) is 42.7 Å². The molecule has 0 saturated carbocycles. The van der Waals surface area contributed by atoms with Gasteiger partial charge in [0.15, 0.2) is 0 Å². The Morgan fingerprint density at radius 1 is 1.15 bits per heavy atom. The third kappa shape index (κ3) is 5.30. The number of carbonyl (C=O) groups excluding carboxylic acids is 2. The monoisotopic (exact) mass is 451 g/mol. The van der Waals surface area contributed by atoms with Gasteiger partial charge in [0.1, 0.15) is 5.75 Å². The summed E-state index contributed by atoms with van der Waals surface area (Å²) in [5.41, 5.74) is 2.90. The summed E-state index contributed by atoms with van der Waals surface area (Å²) in [6.45, 7) is 2.16. The molecule has 2 amide bonds. The van der Waals surface area contributed by atoms with Crippen LogP contribution in [0.3, 0.4) is 0 Å². The van der Waals surface area contributed by atoms with E-state index in [-0.39, 0.29) is 30.3 Å². The van der Waals surface area contributed by atoms with Crippen molar-refractivity contribution in [2.45, 2.75) is 31.9 Å². The number of methoxy groups -OCH3 is 1. The first-order valence-electron chi connectivity index (χ1n) is 11.6. The molecule has 0 aliphatic carbocycles. The summed E-state index contributed by atoms with van der Waals surface area (Å²) in [4.78, 5) is 32.1. The number of carbonyl (C=O) groups is 2. The summed E-state index contributed by atoms with van der Waals surface area (Å²) in [5.74, 6) is 0.208. The molecule has 33 heavy (non-hydrogen) atoms. The molecule has 0 bridgehead atoms. The van der Waals surface area contributed by atoms with E-state index in [0.717, 1.165) is 30.7 Å². The lowest BCUT2D eigenvalue weighted by Crippen LogP contribution is -2.41. The molecule has 7 heteroatoms. The van der Waals surface area contributed by atoms with Crippen molar-refractivity contribution in [3.63, 3.8) is 0 Å². The van der Waals surface area contributed by atoms with Gasteiger partial charge in [-0.2, -0.15) is 0 Å². The lowest BCUT2D eigenvalue weighted by molar-refractivity contribution is -0.138. The lowest BCUT2D eigenvalue weighted by atomic mass is 10.1. The molecule has 2 aliphatic heterocycles. The van der Waals surface area contributed by atoms with Gasteiger partial charge in [-0.25, -0.2) is 0 Å². The Bertz CT molecular complexity index is 970. The highest BCUT2D eigenvalue weighted by Crippen LogP contribution is 2.33. The van der Waals surface area contributed by atoms with Crippen LogP contribution in [0.5, 0.6) is 5.75 Å². The third-order valence-electron chi connectivity index (χ3n) is 6.44. The van der Waals surface area contributed by atoms with Gasteiger partial charge in [0.05, 0.1) is 24.8 Å². The summed E-state index contributed by atoms with van der Waals surface area (Å²) in [7, 11) is 5.60. The maximum absolute atomic E-state index is 13.6. The molecule has 2 aliphatic rings. The Hall–Kier alpha value is -3.06. The van der Waals surface area contributed by atoms with E-state index in [2.05, 4.69) is 29.2 Å². The fraction of sp³-hybridized carbons (Fsp3) is 0.462. The minimum absolute atomic E-state index is 0.00735. The number of para-hydroxylation sites is 2. The van der Waals surface area contributed by atoms with Crippen molar-refractivity contribution in [1.29, 1.82) is 0 Å². The topological polar surface area (TPSA) is 62.3 Å². The molecule has 2 atom stereocenters. The van der Waals surface area contributed by atoms with Crippen LogP contribution in [0.15, 0.2) is 48.5 Å². The van der Waals surface area contributed by atoms with Crippen LogP contribution in [0.2, 0.25) is 0 Å². The number of amides is 2. The molecule has 0 spiro atoms. The second-order valence-corrected chi connectivity index (χ2v) is 8.99. The molecule has 2 aromatic carbocycles. The number of anilines is 2. The van der Waals surface area contributed by atoms with Gasteiger partial charge in [-0.3, -0.25) is 9.59 Å². The minimum atomic E-state index is -0.384. The Kier molecular flexibility index (Phi) is 7.18. The largest absolute Gasteiger partial charge is 0.495 e. The number of ether oxygens (including phenoxy) is 2. The van der Waals surface area contributed by atoms with E-state index in [1.54, 1.807) is 12.0 Å². The molecule has 2 aromatic rings. The fourth-order valence-corrected chi connectivity index (χ4v) is 4.60. The molecule has 0 N–H and O–H groups in total. The molecule has 0 radical (unpaired) electrons. The van der Waals surface area contributed by atoms with Crippen molar-refractivity contribution in [2.75, 3.05) is 50.7 Å². The van der Waals surface area contributed by atoms with Gasteiger partial charge in [-0.15, -0.1) is 0 Å². The van der Waals surface area contributed by atoms with Crippen molar-refractivity contribution in [1.82, 2.24) is 4.90 Å². The summed E-state index contributed by atoms with van der Waals surface area (Å²) in [6.07, 6.45) is 2.24. The molecule has 2 saturated heterocycles. The second kappa shape index (κ2) is 10.3. The Morgan fingerprint density at radius 2 is 1.91 bits per heavy atom. The molecule has 7 nitrogen and oxygen atoms in total. The van der Waals surface area contributed by atoms with Crippen LogP contribution in [-0.2, 0) is 20.9 Å². The predicted molar refractivity (Wildman–Crippen MR) is 129 cm³/mol. The zero-order valence-electron chi connectivity index (χ0n) is 19.7. The highest BCUT2D eigenvalue weighted by atomic mass is 16.5. The second-order valence-electron chi connectivity index (χ2n) is 8.99. The highest BCUT2D eigenvalue weighted by molar-refractivity contribution is 6.01. The van der Waals surface area contributed by atoms with Crippen molar-refractivity contribution >= 4 is 23.2 Å². The first-order valence-corrected chi connectivity index (χ1v) is 11.6. The Labute approximate surface area is 195 Å². The Balaban J connectivity index is 1.51. The van der Waals surface area contributed by atoms with Crippen LogP contribution in [-0.4, -0.2) is 63.7 Å². The van der Waals surface area contributed by atoms with Crippen molar-refractivity contribution in [3.05, 3.63) is 54.1 Å². The maximum Gasteiger partial charge on any atom is 0.228 e. The number of benzene rings is 2. The van der Waals surface area contributed by atoms with Gasteiger partial charge in [0, 0.05) is 52.4 Å². The first-order chi connectivity index (χ1) is 16.0. The number of nitrogens with zero attached hydrogens (tertiary/aromatic N) is 3. The first kappa shape index (κ1) is 23.1. The van der Waals surface area contributed by atoms with Crippen LogP contribution in [0, 0.1) is 5.92 Å². The van der Waals surface area contributed by atoms with Crippen LogP contribution in [0.4, 0.5) is 11.4 Å². The standard InChI is InChI=1S/C26H33N3O4/c1-27(2)21-12-10-19(11-13-21)16-28(18-22-7-6-14-33-22)26(31)20-15-25(30)29(17-20)23-8-4-5-9-24(23)32-3/h4-5,8-13,20,22H,6-7,14-18H2,1-3H3. The van der Waals surface area contributed by atoms with Gasteiger partial charge >= 0.3 is 0 Å². The average molecular weight is 452 g/mol. The third-order valence-corrected chi connectivity index (χ3v) is 6.44. The maximum atomic E-state index is 13.6. The smallest absolute Gasteiger partial charge is 0.228 e. The predicted octanol–water partition coefficient (Wildman–Crippen LogP) is 3.32. The van der Waals surface area contributed by atoms with E-state index in [9.17, 15) is 9.59 Å². The summed E-state index contributed by atoms with van der Waals surface area (Å²) >= 11 is 0. The number of hydrogen-bond donors (Lipinski definition) is 0. The molecule has 0 aromatic heterocycles. The van der Waals surface area contributed by atoms with E-state index in [0.29, 0.717) is 31.1 Å². The molecule has 176 valence electrons. The summed E-state index contributed by atoms with van der Waals surface area (Å²) < 4.78 is 11.3. The van der Waals surface area contributed by atoms with E-state index in [1.807, 2.05) is 43.3 Å². The Morgan fingerprint density at radius 3 is 2.58 bits per heavy atom. The summed E-state index contributed by atoms with van der Waals surface area (Å²) in [5, 5.41) is 0. The molecule has 2 heterocycles. The van der Waals surface area contributed by atoms with Crippen molar-refractivity contribution < 1.29 is 19.1 Å². The zero-order valence-corrected chi connectivity index (χ0v) is 19.7. The fourth-order valence-electron chi connectivity index (χ4n) is 4.60. The molecular weight excluding hydrogens is 418 g/mol. The van der Waals surface area contributed by atoms with Gasteiger partial charge in [0.2, 0.25) is 11.8 Å². The molecule has 4 rings (SSSR count). The summed E-state index contributed by atoms with van der Waals surface area (Å²) in [6, 6.07) is 15.7. The molecule has 2 unspecified atom stereocenters. The van der Waals surface area contributed by atoms with Gasteiger partial charge < -0.3 is 24.2 Å². The quantitative estimate of drug-likeness (QED) is 0.616. The van der Waals surface area contributed by atoms with Crippen LogP contribution < -0.4 is 14.5 Å². The number of hydrogen-bond acceptors (Lipinski definition) is 5. The van der Waals surface area contributed by atoms with Gasteiger partial charge in [0.25, 0.3) is 0 Å². The average Bonchev–Trinajstić information content (AvgIpc) is 3.48. The number of rotatable bonds is 8. The van der Waals surface area contributed by atoms with E-state index in [4.69, 9.17) is 9.47 Å². The van der Waals surface area contributed by atoms with Crippen molar-refractivity contribution in [2.24, 2.45) is 5.92 Å². The van der Waals surface area contributed by atoms with E-state index in [1.165, 1.54) is 0 Å². The molecular formula is C26H33N3O4. The van der Waals surface area contributed by atoms with E-state index >= 15 is 0 Å². The SMILES string of the molecule is COc1ccccc1N1CC(C(=O)N(Cc2ccc(N(C)C)cc2)CC2CCCO2)CC1=O. The van der Waals surface area contributed by atoms with Crippen LogP contribution in [0.1, 0.15) is 24.8 Å². The van der Waals surface area contributed by atoms with Crippen LogP contribution >= 0.6 is 0 Å². The normalized spacial score (nSPS) is 20.2. The van der Waals surface area contributed by atoms with Crippen LogP contribution in [0.25, 0.3) is 0 Å². The zero-order chi connectivity index (χ0) is 23.4. The lowest BCUT2D eigenvalue weighted by Gasteiger charge is -2.28. The molecule has 2 fully saturated rings.